The van der Waals surface area contributed by atoms with Crippen molar-refractivity contribution in [3.63, 3.8) is 0 Å². The number of anilines is 2. The molecule has 2 aromatic carbocycles. The summed E-state index contributed by atoms with van der Waals surface area (Å²) < 4.78 is 42.7. The Morgan fingerprint density at radius 3 is 2.48 bits per heavy atom. The molecule has 1 atom stereocenters. The summed E-state index contributed by atoms with van der Waals surface area (Å²) in [6.45, 7) is 8.10. The number of aryl methyl sites for hydroxylation is 1. The number of alkyl halides is 2. The fourth-order valence-corrected chi connectivity index (χ4v) is 11.0. The third-order valence-electron chi connectivity index (χ3n) is 14.7. The van der Waals surface area contributed by atoms with Crippen LogP contribution in [0.15, 0.2) is 65.8 Å². The average molecular weight is 920 g/mol. The van der Waals surface area contributed by atoms with E-state index in [0.717, 1.165) is 80.7 Å². The van der Waals surface area contributed by atoms with E-state index in [9.17, 15) is 28.0 Å². The Morgan fingerprint density at radius 2 is 1.75 bits per heavy atom. The Balaban J connectivity index is 0.00000578. The molecule has 3 amide bonds. The number of nitrogens with one attached hydrogen (secondary N) is 1. The first-order chi connectivity index (χ1) is 32.4. The minimum Gasteiger partial charge on any atom is -0.495 e. The molecule has 1 unspecified atom stereocenters. The molecule has 6 aromatic rings. The normalized spacial score (nSPS) is 19.1. The van der Waals surface area contributed by atoms with Gasteiger partial charge in [0.2, 0.25) is 17.7 Å². The Hall–Kier alpha value is -6.40. The van der Waals surface area contributed by atoms with Crippen LogP contribution in [0.5, 0.6) is 5.75 Å². The molecule has 4 aliphatic rings. The van der Waals surface area contributed by atoms with Crippen LogP contribution < -0.4 is 20.6 Å². The molecule has 0 spiro atoms. The minimum absolute atomic E-state index is 0. The van der Waals surface area contributed by atoms with E-state index < -0.39 is 18.4 Å². The molecule has 4 aromatic heterocycles. The van der Waals surface area contributed by atoms with Gasteiger partial charge in [0.05, 0.1) is 36.9 Å². The second-order valence-electron chi connectivity index (χ2n) is 18.7. The Bertz CT molecular complexity index is 2950. The lowest BCUT2D eigenvalue weighted by molar-refractivity contribution is -0.135. The molecule has 0 bridgehead atoms. The maximum absolute atomic E-state index is 14.9. The molecular weight excluding hydrogens is 861 g/mol. The van der Waals surface area contributed by atoms with Gasteiger partial charge >= 0.3 is 5.69 Å². The smallest absolute Gasteiger partial charge is 0.329 e. The van der Waals surface area contributed by atoms with Crippen molar-refractivity contribution in [3.8, 4) is 16.9 Å². The highest BCUT2D eigenvalue weighted by molar-refractivity contribution is 6.00. The number of benzene rings is 2. The number of amides is 3. The van der Waals surface area contributed by atoms with Gasteiger partial charge < -0.3 is 23.8 Å². The van der Waals surface area contributed by atoms with Crippen LogP contribution in [0.3, 0.4) is 0 Å². The monoisotopic (exact) mass is 919 g/mol. The molecule has 3 fully saturated rings. The van der Waals surface area contributed by atoms with Gasteiger partial charge in [-0.1, -0.05) is 18.2 Å². The van der Waals surface area contributed by atoms with Crippen LogP contribution in [0.1, 0.15) is 87.8 Å². The molecule has 4 aliphatic heterocycles. The number of rotatable bonds is 11. The fourth-order valence-electron chi connectivity index (χ4n) is 11.0. The number of fused-ring (bicyclic) bond motifs is 3. The number of hydrogen-bond acceptors (Lipinski definition) is 10. The summed E-state index contributed by atoms with van der Waals surface area (Å²) in [5.41, 5.74) is 6.36. The number of piperidine rings is 3. The number of imidazole rings is 2. The van der Waals surface area contributed by atoms with Crippen LogP contribution in [0.2, 0.25) is 0 Å². The van der Waals surface area contributed by atoms with Crippen LogP contribution in [0.4, 0.5) is 20.3 Å². The second-order valence-corrected chi connectivity index (χ2v) is 18.7. The van der Waals surface area contributed by atoms with E-state index in [1.807, 2.05) is 35.0 Å². The van der Waals surface area contributed by atoms with Crippen molar-refractivity contribution < 1.29 is 29.3 Å². The Labute approximate surface area is 388 Å². The first kappa shape index (κ1) is 44.4. The van der Waals surface area contributed by atoms with Gasteiger partial charge in [-0.25, -0.2) is 18.6 Å². The highest BCUT2D eigenvalue weighted by Gasteiger charge is 2.35. The molecule has 18 heteroatoms. The van der Waals surface area contributed by atoms with Gasteiger partial charge in [0.1, 0.15) is 17.4 Å². The number of ether oxygens (including phenoxy) is 1. The fraction of sp³-hybridized carbons (Fsp3) is 0.469. The topological polar surface area (TPSA) is 147 Å². The van der Waals surface area contributed by atoms with Gasteiger partial charge in [0.25, 0.3) is 6.43 Å². The third-order valence-corrected chi connectivity index (χ3v) is 14.7. The van der Waals surface area contributed by atoms with Crippen LogP contribution in [-0.4, -0.2) is 114 Å². The SMILES string of the molecule is COc1cn2ccnc2cc1-c1ccc(N(C)c2nn(C3CCN(CC4CCN(Cc5cccc6c5n(C)c(=O)n6C5CCC(=O)NC5=O)CC4)CC3)c3c2CN(C(C)=O)CC3)cc1C(F)F.[HH]. The summed E-state index contributed by atoms with van der Waals surface area (Å²) in [6, 6.07) is 12.2. The van der Waals surface area contributed by atoms with Gasteiger partial charge in [-0.05, 0) is 86.5 Å². The predicted octanol–water partition coefficient (Wildman–Crippen LogP) is 6.24. The molecule has 354 valence electrons. The summed E-state index contributed by atoms with van der Waals surface area (Å²) in [6.07, 6.45) is 7.60. The standard InChI is InChI=1S/C49H57F2N11O5.H2/c1-30(63)59-22-16-39-38(28-59)47(55(2)34-8-9-35(37(24-34)46(50)51)36-25-43-52-17-23-60(43)29-42(36)67-4)54-62(39)33-14-20-57(21-15-33)26-31-12-18-58(19-13-31)27-32-6-5-7-40-45(32)56(3)49(66)61(40)41-10-11-44(64)53-48(41)65;/h5-9,17,23-25,29,31,33,41,46H,10-16,18-22,26-28H2,1-4H3,(H,53,64,65);1H. The molecule has 8 heterocycles. The van der Waals surface area contributed by atoms with Crippen LogP contribution in [0.25, 0.3) is 27.8 Å². The lowest BCUT2D eigenvalue weighted by atomic mass is 9.94. The number of aromatic nitrogens is 6. The third kappa shape index (κ3) is 8.27. The number of hydrogen-bond donors (Lipinski definition) is 1. The number of nitrogens with zero attached hydrogens (tertiary/aromatic N) is 10. The van der Waals surface area contributed by atoms with Gasteiger partial charge in [0, 0.05) is 108 Å². The summed E-state index contributed by atoms with van der Waals surface area (Å²) in [7, 11) is 5.14. The Kier molecular flexibility index (Phi) is 11.9. The molecule has 0 saturated carbocycles. The predicted molar refractivity (Wildman–Crippen MR) is 251 cm³/mol. The lowest BCUT2D eigenvalue weighted by Crippen LogP contribution is -2.44. The zero-order chi connectivity index (χ0) is 46.7. The van der Waals surface area contributed by atoms with E-state index in [1.165, 1.54) is 13.2 Å². The maximum atomic E-state index is 14.9. The van der Waals surface area contributed by atoms with E-state index in [2.05, 4.69) is 30.8 Å². The molecule has 16 nitrogen and oxygen atoms in total. The molecule has 3 saturated heterocycles. The van der Waals surface area contributed by atoms with Gasteiger partial charge in [-0.15, -0.1) is 0 Å². The lowest BCUT2D eigenvalue weighted by Gasteiger charge is -2.38. The number of carbonyl (C=O) groups excluding carboxylic acids is 3. The van der Waals surface area contributed by atoms with Crippen LogP contribution in [-0.2, 0) is 40.9 Å². The van der Waals surface area contributed by atoms with E-state index >= 15 is 0 Å². The van der Waals surface area contributed by atoms with Gasteiger partial charge in [0.15, 0.2) is 5.82 Å². The van der Waals surface area contributed by atoms with Gasteiger partial charge in [-0.3, -0.25) is 38.4 Å². The van der Waals surface area contributed by atoms with E-state index in [0.29, 0.717) is 77.9 Å². The van der Waals surface area contributed by atoms with Gasteiger partial charge in [-0.2, -0.15) is 5.10 Å². The molecule has 0 radical (unpaired) electrons. The first-order valence-corrected chi connectivity index (χ1v) is 23.4. The zero-order valence-electron chi connectivity index (χ0n) is 38.5. The van der Waals surface area contributed by atoms with Crippen molar-refractivity contribution in [2.75, 3.05) is 58.3 Å². The van der Waals surface area contributed by atoms with Crippen molar-refractivity contribution in [1.29, 1.82) is 0 Å². The number of carbonyl (C=O) groups is 3. The summed E-state index contributed by atoms with van der Waals surface area (Å²) in [5.74, 6) is 0.948. The molecular formula is C49H59F2N11O5. The van der Waals surface area contributed by atoms with Crippen molar-refractivity contribution >= 4 is 45.9 Å². The van der Waals surface area contributed by atoms with E-state index in [1.54, 1.807) is 58.2 Å². The summed E-state index contributed by atoms with van der Waals surface area (Å²) in [4.78, 5) is 63.8. The number of methoxy groups -OCH3 is 1. The first-order valence-electron chi connectivity index (χ1n) is 23.4. The zero-order valence-corrected chi connectivity index (χ0v) is 38.5. The number of likely N-dealkylation sites (tertiary alicyclic amines) is 2. The van der Waals surface area contributed by atoms with E-state index in [4.69, 9.17) is 9.84 Å². The minimum atomic E-state index is -2.76. The molecule has 67 heavy (non-hydrogen) atoms. The number of imide groups is 1. The van der Waals surface area contributed by atoms with E-state index in [-0.39, 0.29) is 37.0 Å². The average Bonchev–Trinajstić information content (AvgIpc) is 4.03. The number of halogens is 2. The van der Waals surface area contributed by atoms with Crippen molar-refractivity contribution in [1.82, 2.24) is 48.3 Å². The molecule has 10 rings (SSSR count). The largest absolute Gasteiger partial charge is 0.495 e. The van der Waals surface area contributed by atoms with Crippen molar-refractivity contribution in [2.45, 2.75) is 83.5 Å². The van der Waals surface area contributed by atoms with Crippen molar-refractivity contribution in [3.05, 3.63) is 93.9 Å². The Morgan fingerprint density at radius 1 is 0.970 bits per heavy atom. The summed E-state index contributed by atoms with van der Waals surface area (Å²) >= 11 is 0. The van der Waals surface area contributed by atoms with Crippen LogP contribution >= 0.6 is 0 Å². The summed E-state index contributed by atoms with van der Waals surface area (Å²) in [5, 5.41) is 7.65. The number of pyridine rings is 1. The highest BCUT2D eigenvalue weighted by Crippen LogP contribution is 2.42. The quantitative estimate of drug-likeness (QED) is 0.148. The van der Waals surface area contributed by atoms with Crippen LogP contribution in [0, 0.1) is 5.92 Å². The maximum Gasteiger partial charge on any atom is 0.329 e. The van der Waals surface area contributed by atoms with Crippen molar-refractivity contribution in [2.24, 2.45) is 13.0 Å². The molecule has 1 N–H and O–H groups in total. The highest BCUT2D eigenvalue weighted by atomic mass is 19.3. The molecule has 0 aliphatic carbocycles. The second kappa shape index (κ2) is 18.0. The number of para-hydroxylation sites is 1.